The summed E-state index contributed by atoms with van der Waals surface area (Å²) in [5, 5.41) is 11.7. The summed E-state index contributed by atoms with van der Waals surface area (Å²) >= 11 is 3.23. The van der Waals surface area contributed by atoms with E-state index in [1.54, 1.807) is 35.8 Å². The zero-order chi connectivity index (χ0) is 16.7. The molecule has 2 atom stereocenters. The molecule has 2 unspecified atom stereocenters. The van der Waals surface area contributed by atoms with Crippen LogP contribution in [0.2, 0.25) is 0 Å². The van der Waals surface area contributed by atoms with Gasteiger partial charge in [0, 0.05) is 17.0 Å². The van der Waals surface area contributed by atoms with Crippen LogP contribution in [-0.2, 0) is 0 Å². The average Bonchev–Trinajstić information content (AvgIpc) is 3.01. The van der Waals surface area contributed by atoms with Crippen LogP contribution in [0.5, 0.6) is 0 Å². The molecule has 0 spiro atoms. The molecular formula is C18H17FN2OS2. The summed E-state index contributed by atoms with van der Waals surface area (Å²) in [6, 6.07) is 14.7. The molecule has 0 radical (unpaired) electrons. The van der Waals surface area contributed by atoms with Gasteiger partial charge < -0.3 is 5.11 Å². The molecule has 2 heterocycles. The molecule has 0 amide bonds. The highest BCUT2D eigenvalue weighted by Crippen LogP contribution is 2.44. The van der Waals surface area contributed by atoms with Gasteiger partial charge in [-0.3, -0.25) is 0 Å². The van der Waals surface area contributed by atoms with Gasteiger partial charge in [0.1, 0.15) is 10.9 Å². The quantitative estimate of drug-likeness (QED) is 0.847. The lowest BCUT2D eigenvalue weighted by molar-refractivity contribution is 0.0743. The number of rotatable bonds is 3. The van der Waals surface area contributed by atoms with Gasteiger partial charge in [0.05, 0.1) is 11.8 Å². The fourth-order valence-corrected chi connectivity index (χ4v) is 5.33. The maximum Gasteiger partial charge on any atom is 0.184 e. The van der Waals surface area contributed by atoms with Gasteiger partial charge in [0.2, 0.25) is 0 Å². The molecule has 2 aliphatic heterocycles. The third kappa shape index (κ3) is 3.11. The van der Waals surface area contributed by atoms with Crippen molar-refractivity contribution in [3.05, 3.63) is 65.5 Å². The summed E-state index contributed by atoms with van der Waals surface area (Å²) in [7, 11) is 0. The van der Waals surface area contributed by atoms with Crippen LogP contribution in [-0.4, -0.2) is 38.5 Å². The molecule has 4 rings (SSSR count). The van der Waals surface area contributed by atoms with Crippen molar-refractivity contribution in [2.75, 3.05) is 13.1 Å². The van der Waals surface area contributed by atoms with Gasteiger partial charge in [-0.05, 0) is 55.3 Å². The molecule has 124 valence electrons. The minimum Gasteiger partial charge on any atom is -0.367 e. The van der Waals surface area contributed by atoms with Crippen molar-refractivity contribution in [3.63, 3.8) is 0 Å². The second kappa shape index (κ2) is 6.19. The Morgan fingerprint density at radius 3 is 2.58 bits per heavy atom. The summed E-state index contributed by atoms with van der Waals surface area (Å²) in [6.45, 7) is 3.32. The summed E-state index contributed by atoms with van der Waals surface area (Å²) in [5.74, 6) is -0.262. The van der Waals surface area contributed by atoms with Crippen LogP contribution in [0.15, 0.2) is 58.4 Å². The Balaban J connectivity index is 1.48. The minimum absolute atomic E-state index is 0.00972. The zero-order valence-electron chi connectivity index (χ0n) is 13.1. The van der Waals surface area contributed by atoms with Gasteiger partial charge in [-0.1, -0.05) is 29.5 Å². The molecule has 0 bridgehead atoms. The summed E-state index contributed by atoms with van der Waals surface area (Å²) in [5.41, 5.74) is 1.04. The molecule has 0 saturated carbocycles. The summed E-state index contributed by atoms with van der Waals surface area (Å²) in [6.07, 6.45) is 0. The first-order chi connectivity index (χ1) is 11.5. The number of hydrogen-bond acceptors (Lipinski definition) is 5. The van der Waals surface area contributed by atoms with E-state index in [0.717, 1.165) is 22.0 Å². The highest BCUT2D eigenvalue weighted by molar-refractivity contribution is 8.15. The van der Waals surface area contributed by atoms with E-state index in [1.165, 1.54) is 17.7 Å². The topological polar surface area (TPSA) is 35.8 Å². The van der Waals surface area contributed by atoms with Gasteiger partial charge in [0.25, 0.3) is 0 Å². The van der Waals surface area contributed by atoms with Gasteiger partial charge in [-0.15, -0.1) is 0 Å². The van der Waals surface area contributed by atoms with Crippen LogP contribution in [0.4, 0.5) is 4.39 Å². The lowest BCUT2D eigenvalue weighted by atomic mass is 10.2. The van der Waals surface area contributed by atoms with E-state index in [0.29, 0.717) is 6.54 Å². The van der Waals surface area contributed by atoms with E-state index < -0.39 is 5.72 Å². The largest absolute Gasteiger partial charge is 0.367 e. The number of aliphatic imine (C=N–C) groups is 1. The highest BCUT2D eigenvalue weighted by atomic mass is 32.2. The van der Waals surface area contributed by atoms with Crippen molar-refractivity contribution in [1.29, 1.82) is 0 Å². The Labute approximate surface area is 149 Å². The van der Waals surface area contributed by atoms with Crippen molar-refractivity contribution in [3.8, 4) is 0 Å². The number of thioether (sulfide) groups is 1. The minimum atomic E-state index is -1.06. The number of hydrogen-bond donors (Lipinski definition) is 1. The van der Waals surface area contributed by atoms with Crippen LogP contribution < -0.4 is 0 Å². The number of aryl methyl sites for hydroxylation is 1. The van der Waals surface area contributed by atoms with Crippen LogP contribution >= 0.6 is 23.7 Å². The lowest BCUT2D eigenvalue weighted by Gasteiger charge is -2.17. The van der Waals surface area contributed by atoms with Gasteiger partial charge in [-0.2, -0.15) is 0 Å². The first-order valence-electron chi connectivity index (χ1n) is 7.76. The second-order valence-electron chi connectivity index (χ2n) is 6.14. The Morgan fingerprint density at radius 2 is 1.92 bits per heavy atom. The predicted octanol–water partition coefficient (Wildman–Crippen LogP) is 3.71. The molecule has 24 heavy (non-hydrogen) atoms. The highest BCUT2D eigenvalue weighted by Gasteiger charge is 2.50. The molecular weight excluding hydrogens is 343 g/mol. The molecule has 1 fully saturated rings. The fraction of sp³-hybridized carbons (Fsp3) is 0.278. The van der Waals surface area contributed by atoms with Crippen molar-refractivity contribution < 1.29 is 9.50 Å². The average molecular weight is 360 g/mol. The Kier molecular flexibility index (Phi) is 4.16. The smallest absolute Gasteiger partial charge is 0.184 e. The van der Waals surface area contributed by atoms with E-state index in [2.05, 4.69) is 40.5 Å². The van der Waals surface area contributed by atoms with Gasteiger partial charge in [0.15, 0.2) is 5.72 Å². The van der Waals surface area contributed by atoms with E-state index >= 15 is 0 Å². The zero-order valence-corrected chi connectivity index (χ0v) is 14.8. The van der Waals surface area contributed by atoms with Crippen LogP contribution in [0.25, 0.3) is 0 Å². The summed E-state index contributed by atoms with van der Waals surface area (Å²) < 4.78 is 15.2. The second-order valence-corrected chi connectivity index (χ2v) is 8.50. The third-order valence-electron chi connectivity index (χ3n) is 4.19. The number of fused-ring (bicyclic) bond motifs is 1. The van der Waals surface area contributed by atoms with Crippen molar-refractivity contribution >= 4 is 28.8 Å². The summed E-state index contributed by atoms with van der Waals surface area (Å²) in [4.78, 5) is 5.71. The number of halogens is 1. The maximum absolute atomic E-state index is 13.1. The Hall–Kier alpha value is -1.34. The maximum atomic E-state index is 13.1. The molecule has 6 heteroatoms. The van der Waals surface area contributed by atoms with Crippen LogP contribution in [0.3, 0.4) is 0 Å². The molecule has 2 aromatic rings. The normalized spacial score (nSPS) is 26.5. The van der Waals surface area contributed by atoms with E-state index in [-0.39, 0.29) is 11.1 Å². The molecule has 2 aromatic carbocycles. The monoisotopic (exact) mass is 360 g/mol. The molecule has 1 N–H and O–H groups in total. The Bertz CT molecular complexity index is 779. The van der Waals surface area contributed by atoms with Crippen LogP contribution in [0.1, 0.15) is 11.1 Å². The Morgan fingerprint density at radius 1 is 1.21 bits per heavy atom. The third-order valence-corrected chi connectivity index (χ3v) is 6.57. The van der Waals surface area contributed by atoms with Crippen molar-refractivity contribution in [2.45, 2.75) is 22.8 Å². The van der Waals surface area contributed by atoms with Crippen molar-refractivity contribution in [2.24, 2.45) is 4.99 Å². The molecule has 0 aliphatic carbocycles. The van der Waals surface area contributed by atoms with Crippen molar-refractivity contribution in [1.82, 2.24) is 4.31 Å². The number of β-amino-alcohol motifs (C(OH)–C–C–N with tert-alkyl or cyclic N) is 1. The van der Waals surface area contributed by atoms with Gasteiger partial charge >= 0.3 is 0 Å². The van der Waals surface area contributed by atoms with E-state index in [9.17, 15) is 9.50 Å². The van der Waals surface area contributed by atoms with E-state index in [1.807, 2.05) is 0 Å². The number of aliphatic hydroxyl groups is 1. The molecule has 3 nitrogen and oxygen atoms in total. The SMILES string of the molecule is Cc1ccc(SN2CC3SC(c4ccc(F)cc4)=NC3(O)C2)cc1. The lowest BCUT2D eigenvalue weighted by Crippen LogP contribution is -2.34. The predicted molar refractivity (Wildman–Crippen MR) is 97.9 cm³/mol. The first kappa shape index (κ1) is 16.1. The molecule has 0 aromatic heterocycles. The number of nitrogens with zero attached hydrogens (tertiary/aromatic N) is 2. The van der Waals surface area contributed by atoms with E-state index in [4.69, 9.17) is 0 Å². The number of benzene rings is 2. The molecule has 2 aliphatic rings. The molecule has 1 saturated heterocycles. The first-order valence-corrected chi connectivity index (χ1v) is 9.42. The standard InChI is InChI=1S/C18H17FN2OS2/c1-12-2-8-15(9-3-12)24-21-10-16-18(22,11-21)20-17(23-16)13-4-6-14(19)7-5-13/h2-9,16,22H,10-11H2,1H3. The van der Waals surface area contributed by atoms with Crippen LogP contribution in [0, 0.1) is 12.7 Å². The van der Waals surface area contributed by atoms with Gasteiger partial charge in [-0.25, -0.2) is 13.7 Å². The fourth-order valence-electron chi connectivity index (χ4n) is 2.88.